The third-order valence-electron chi connectivity index (χ3n) is 3.67. The molecule has 1 aliphatic rings. The van der Waals surface area contributed by atoms with E-state index in [1.54, 1.807) is 0 Å². The highest BCUT2D eigenvalue weighted by Gasteiger charge is 2.28. The van der Waals surface area contributed by atoms with E-state index < -0.39 is 12.7 Å². The molecular formula is C15H16F3N3. The Kier molecular flexibility index (Phi) is 3.71. The van der Waals surface area contributed by atoms with Gasteiger partial charge in [0.2, 0.25) is 0 Å². The molecule has 1 N–H and O–H groups in total. The van der Waals surface area contributed by atoms with E-state index in [1.165, 1.54) is 23.5 Å². The molecule has 112 valence electrons. The number of nitrogens with one attached hydrogen (secondary N) is 1. The topological polar surface area (TPSA) is 29.9 Å². The standard InChI is InChI=1S/C15H16F3N3/c16-15(17,18)10-21-9-11(8-20-21)7-19-14-5-12-3-1-2-4-13(12)6-14/h1-4,8-9,14,19H,5-7,10H2. The summed E-state index contributed by atoms with van der Waals surface area (Å²) in [6.07, 6.45) is 0.632. The lowest BCUT2D eigenvalue weighted by molar-refractivity contribution is -0.142. The Labute approximate surface area is 120 Å². The molecule has 1 aromatic heterocycles. The van der Waals surface area contributed by atoms with Crippen LogP contribution in [0.2, 0.25) is 0 Å². The molecule has 0 fully saturated rings. The summed E-state index contributed by atoms with van der Waals surface area (Å²) in [4.78, 5) is 0. The van der Waals surface area contributed by atoms with Crippen molar-refractivity contribution >= 4 is 0 Å². The highest BCUT2D eigenvalue weighted by Crippen LogP contribution is 2.22. The van der Waals surface area contributed by atoms with Crippen molar-refractivity contribution in [2.24, 2.45) is 0 Å². The summed E-state index contributed by atoms with van der Waals surface area (Å²) in [6, 6.07) is 8.65. The zero-order chi connectivity index (χ0) is 14.9. The van der Waals surface area contributed by atoms with E-state index in [0.29, 0.717) is 12.6 Å². The Morgan fingerprint density at radius 2 is 1.86 bits per heavy atom. The number of fused-ring (bicyclic) bond motifs is 1. The van der Waals surface area contributed by atoms with Crippen LogP contribution < -0.4 is 5.32 Å². The first-order valence-electron chi connectivity index (χ1n) is 6.88. The quantitative estimate of drug-likeness (QED) is 0.940. The maximum Gasteiger partial charge on any atom is 0.408 e. The molecule has 2 aromatic rings. The minimum absolute atomic E-state index is 0.341. The molecule has 0 spiro atoms. The number of halogens is 3. The second kappa shape index (κ2) is 5.52. The van der Waals surface area contributed by atoms with E-state index in [2.05, 4.69) is 22.5 Å². The molecule has 21 heavy (non-hydrogen) atoms. The van der Waals surface area contributed by atoms with Crippen LogP contribution in [0.1, 0.15) is 16.7 Å². The molecule has 0 radical (unpaired) electrons. The Morgan fingerprint density at radius 1 is 1.19 bits per heavy atom. The van der Waals surface area contributed by atoms with Crippen LogP contribution in [0.3, 0.4) is 0 Å². The average molecular weight is 295 g/mol. The van der Waals surface area contributed by atoms with Gasteiger partial charge in [-0.2, -0.15) is 18.3 Å². The monoisotopic (exact) mass is 295 g/mol. The van der Waals surface area contributed by atoms with Crippen molar-refractivity contribution in [3.05, 3.63) is 53.3 Å². The van der Waals surface area contributed by atoms with E-state index in [-0.39, 0.29) is 0 Å². The van der Waals surface area contributed by atoms with Crippen LogP contribution >= 0.6 is 0 Å². The number of benzene rings is 1. The van der Waals surface area contributed by atoms with Gasteiger partial charge in [-0.1, -0.05) is 24.3 Å². The normalized spacial score (nSPS) is 15.4. The summed E-state index contributed by atoms with van der Waals surface area (Å²) in [7, 11) is 0. The number of rotatable bonds is 4. The first kappa shape index (κ1) is 14.1. The minimum Gasteiger partial charge on any atom is -0.309 e. The van der Waals surface area contributed by atoms with Gasteiger partial charge in [-0.25, -0.2) is 0 Å². The summed E-state index contributed by atoms with van der Waals surface area (Å²) in [5.41, 5.74) is 3.47. The Hall–Kier alpha value is -1.82. The molecule has 6 heteroatoms. The third-order valence-corrected chi connectivity index (χ3v) is 3.67. The van der Waals surface area contributed by atoms with E-state index >= 15 is 0 Å². The minimum atomic E-state index is -4.23. The first-order chi connectivity index (χ1) is 9.99. The molecule has 0 bridgehead atoms. The Balaban J connectivity index is 1.53. The van der Waals surface area contributed by atoms with Crippen molar-refractivity contribution in [3.8, 4) is 0 Å². The third kappa shape index (κ3) is 3.64. The Bertz CT molecular complexity index is 594. The van der Waals surface area contributed by atoms with Gasteiger partial charge in [0.15, 0.2) is 0 Å². The molecule has 0 saturated carbocycles. The average Bonchev–Trinajstić information content (AvgIpc) is 3.00. The zero-order valence-electron chi connectivity index (χ0n) is 11.4. The molecule has 1 heterocycles. The second-order valence-electron chi connectivity index (χ2n) is 5.42. The van der Waals surface area contributed by atoms with E-state index in [4.69, 9.17) is 0 Å². The lowest BCUT2D eigenvalue weighted by atomic mass is 10.1. The van der Waals surface area contributed by atoms with Crippen LogP contribution in [0.4, 0.5) is 13.2 Å². The predicted octanol–water partition coefficient (Wildman–Crippen LogP) is 2.70. The van der Waals surface area contributed by atoms with Crippen LogP contribution in [0.15, 0.2) is 36.7 Å². The van der Waals surface area contributed by atoms with Gasteiger partial charge in [0.25, 0.3) is 0 Å². The number of aromatic nitrogens is 2. The maximum atomic E-state index is 12.3. The lowest BCUT2D eigenvalue weighted by Gasteiger charge is -2.10. The summed E-state index contributed by atoms with van der Waals surface area (Å²) in [5, 5.41) is 7.13. The van der Waals surface area contributed by atoms with Crippen molar-refractivity contribution in [2.75, 3.05) is 0 Å². The van der Waals surface area contributed by atoms with Gasteiger partial charge in [0.05, 0.1) is 6.20 Å². The number of nitrogens with zero attached hydrogens (tertiary/aromatic N) is 2. The van der Waals surface area contributed by atoms with Gasteiger partial charge in [0.1, 0.15) is 6.54 Å². The summed E-state index contributed by atoms with van der Waals surface area (Å²) >= 11 is 0. The fraction of sp³-hybridized carbons (Fsp3) is 0.400. The molecule has 0 saturated heterocycles. The first-order valence-corrected chi connectivity index (χ1v) is 6.88. The summed E-state index contributed by atoms with van der Waals surface area (Å²) in [5.74, 6) is 0. The smallest absolute Gasteiger partial charge is 0.309 e. The zero-order valence-corrected chi connectivity index (χ0v) is 11.4. The highest BCUT2D eigenvalue weighted by atomic mass is 19.4. The van der Waals surface area contributed by atoms with Crippen LogP contribution in [-0.4, -0.2) is 22.0 Å². The molecule has 0 aliphatic heterocycles. The molecule has 3 rings (SSSR count). The number of hydrogen-bond acceptors (Lipinski definition) is 2. The maximum absolute atomic E-state index is 12.3. The number of hydrogen-bond donors (Lipinski definition) is 1. The molecule has 1 aliphatic carbocycles. The van der Waals surface area contributed by atoms with Crippen molar-refractivity contribution in [1.82, 2.24) is 15.1 Å². The van der Waals surface area contributed by atoms with Gasteiger partial charge in [-0.15, -0.1) is 0 Å². The Morgan fingerprint density at radius 3 is 2.48 bits per heavy atom. The van der Waals surface area contributed by atoms with Gasteiger partial charge in [-0.05, 0) is 24.0 Å². The molecule has 3 nitrogen and oxygen atoms in total. The summed E-state index contributed by atoms with van der Waals surface area (Å²) in [6.45, 7) is -0.502. The molecule has 0 atom stereocenters. The van der Waals surface area contributed by atoms with Gasteiger partial charge in [-0.3, -0.25) is 4.68 Å². The second-order valence-corrected chi connectivity index (χ2v) is 5.42. The van der Waals surface area contributed by atoms with Crippen molar-refractivity contribution in [1.29, 1.82) is 0 Å². The highest BCUT2D eigenvalue weighted by molar-refractivity contribution is 5.33. The molecule has 0 unspecified atom stereocenters. The van der Waals surface area contributed by atoms with E-state index in [1.807, 2.05) is 12.1 Å². The molecule has 1 aromatic carbocycles. The largest absolute Gasteiger partial charge is 0.408 e. The van der Waals surface area contributed by atoms with E-state index in [9.17, 15) is 13.2 Å². The SMILES string of the molecule is FC(F)(F)Cn1cc(CNC2Cc3ccccc3C2)cn1. The molecule has 0 amide bonds. The molecular weight excluding hydrogens is 279 g/mol. The number of alkyl halides is 3. The fourth-order valence-corrected chi connectivity index (χ4v) is 2.73. The van der Waals surface area contributed by atoms with Crippen molar-refractivity contribution in [3.63, 3.8) is 0 Å². The van der Waals surface area contributed by atoms with E-state index in [0.717, 1.165) is 23.1 Å². The van der Waals surface area contributed by atoms with Crippen LogP contribution in [0.5, 0.6) is 0 Å². The fourth-order valence-electron chi connectivity index (χ4n) is 2.73. The van der Waals surface area contributed by atoms with Gasteiger partial charge < -0.3 is 5.32 Å². The van der Waals surface area contributed by atoms with Gasteiger partial charge >= 0.3 is 6.18 Å². The van der Waals surface area contributed by atoms with Crippen LogP contribution in [0.25, 0.3) is 0 Å². The van der Waals surface area contributed by atoms with Gasteiger partial charge in [0, 0.05) is 24.3 Å². The predicted molar refractivity (Wildman–Crippen MR) is 72.8 cm³/mol. The van der Waals surface area contributed by atoms with Crippen LogP contribution in [-0.2, 0) is 25.9 Å². The van der Waals surface area contributed by atoms with Crippen molar-refractivity contribution in [2.45, 2.75) is 38.1 Å². The van der Waals surface area contributed by atoms with Crippen molar-refractivity contribution < 1.29 is 13.2 Å². The van der Waals surface area contributed by atoms with Crippen LogP contribution in [0, 0.1) is 0 Å². The lowest BCUT2D eigenvalue weighted by Crippen LogP contribution is -2.28. The summed E-state index contributed by atoms with van der Waals surface area (Å²) < 4.78 is 37.7.